The number of rotatable bonds is 0. The van der Waals surface area contributed by atoms with Crippen LogP contribution >= 0.6 is 11.6 Å². The first kappa shape index (κ1) is 7.55. The van der Waals surface area contributed by atoms with E-state index in [0.717, 1.165) is 17.2 Å². The van der Waals surface area contributed by atoms with E-state index in [4.69, 9.17) is 11.6 Å². The molecular weight excluding hydrogens is 174 g/mol. The number of aryl methyl sites for hydroxylation is 2. The molecular formula is C8H8ClN3. The minimum atomic E-state index is 0.514. The van der Waals surface area contributed by atoms with Crippen molar-refractivity contribution in [2.75, 3.05) is 0 Å². The zero-order valence-electron chi connectivity index (χ0n) is 6.87. The van der Waals surface area contributed by atoms with Gasteiger partial charge in [-0.1, -0.05) is 11.6 Å². The van der Waals surface area contributed by atoms with Crippen LogP contribution in [-0.4, -0.2) is 14.4 Å². The average Bonchev–Trinajstić information content (AvgIpc) is 2.31. The van der Waals surface area contributed by atoms with Gasteiger partial charge in [0.25, 0.3) is 0 Å². The minimum absolute atomic E-state index is 0.514. The zero-order chi connectivity index (χ0) is 8.72. The number of halogens is 1. The van der Waals surface area contributed by atoms with E-state index in [0.29, 0.717) is 5.15 Å². The van der Waals surface area contributed by atoms with E-state index in [9.17, 15) is 0 Å². The summed E-state index contributed by atoms with van der Waals surface area (Å²) in [6.07, 6.45) is 1.72. The quantitative estimate of drug-likeness (QED) is 0.582. The van der Waals surface area contributed by atoms with Gasteiger partial charge in [0.05, 0.1) is 6.20 Å². The van der Waals surface area contributed by atoms with Gasteiger partial charge in [-0.3, -0.25) is 4.40 Å². The molecule has 62 valence electrons. The lowest BCUT2D eigenvalue weighted by Crippen LogP contribution is -1.95. The van der Waals surface area contributed by atoms with Crippen LogP contribution in [0.2, 0.25) is 5.15 Å². The smallest absolute Gasteiger partial charge is 0.158 e. The van der Waals surface area contributed by atoms with Gasteiger partial charge < -0.3 is 0 Å². The summed E-state index contributed by atoms with van der Waals surface area (Å²) in [6.45, 7) is 3.92. The maximum absolute atomic E-state index is 5.78. The molecule has 4 heteroatoms. The average molecular weight is 182 g/mol. The third-order valence-corrected chi connectivity index (χ3v) is 2.02. The number of nitrogens with zero attached hydrogens (tertiary/aromatic N) is 3. The van der Waals surface area contributed by atoms with Crippen molar-refractivity contribution in [2.45, 2.75) is 13.8 Å². The molecule has 2 aromatic heterocycles. The lowest BCUT2D eigenvalue weighted by molar-refractivity contribution is 0.975. The van der Waals surface area contributed by atoms with Crippen molar-refractivity contribution in [3.05, 3.63) is 28.9 Å². The van der Waals surface area contributed by atoms with Gasteiger partial charge >= 0.3 is 0 Å². The fourth-order valence-corrected chi connectivity index (χ4v) is 1.57. The highest BCUT2D eigenvalue weighted by Crippen LogP contribution is 2.12. The van der Waals surface area contributed by atoms with Crippen LogP contribution in [0.3, 0.4) is 0 Å². The van der Waals surface area contributed by atoms with Crippen LogP contribution in [-0.2, 0) is 0 Å². The summed E-state index contributed by atoms with van der Waals surface area (Å²) in [5.74, 6) is 0.937. The first-order chi connectivity index (χ1) is 5.68. The fraction of sp³-hybridized carbons (Fsp3) is 0.250. The predicted molar refractivity (Wildman–Crippen MR) is 47.5 cm³/mol. The fourth-order valence-electron chi connectivity index (χ4n) is 1.33. The second kappa shape index (κ2) is 2.45. The molecule has 0 saturated carbocycles. The molecule has 3 nitrogen and oxygen atoms in total. The molecule has 0 bridgehead atoms. The van der Waals surface area contributed by atoms with Crippen molar-refractivity contribution >= 4 is 17.2 Å². The Morgan fingerprint density at radius 1 is 1.42 bits per heavy atom. The topological polar surface area (TPSA) is 30.2 Å². The van der Waals surface area contributed by atoms with Crippen LogP contribution in [0.5, 0.6) is 0 Å². The van der Waals surface area contributed by atoms with E-state index in [1.165, 1.54) is 0 Å². The summed E-state index contributed by atoms with van der Waals surface area (Å²) < 4.78 is 1.96. The largest absolute Gasteiger partial charge is 0.285 e. The third kappa shape index (κ3) is 0.975. The molecule has 0 N–H and O–H groups in total. The first-order valence-corrected chi connectivity index (χ1v) is 4.03. The normalized spacial score (nSPS) is 10.9. The monoisotopic (exact) mass is 181 g/mol. The van der Waals surface area contributed by atoms with Gasteiger partial charge in [-0.05, 0) is 19.9 Å². The highest BCUT2D eigenvalue weighted by molar-refractivity contribution is 6.29. The Hall–Kier alpha value is -1.09. The standard InChI is InChI=1S/C8H8ClN3/c1-5-3-7(9)11-8-4-10-6(2)12(5)8/h3-4H,1-2H3. The first-order valence-electron chi connectivity index (χ1n) is 3.65. The number of aromatic nitrogens is 3. The van der Waals surface area contributed by atoms with E-state index >= 15 is 0 Å². The van der Waals surface area contributed by atoms with E-state index in [-0.39, 0.29) is 0 Å². The van der Waals surface area contributed by atoms with E-state index in [1.54, 1.807) is 6.20 Å². The van der Waals surface area contributed by atoms with Crippen LogP contribution < -0.4 is 0 Å². The maximum atomic E-state index is 5.78. The number of imidazole rings is 1. The van der Waals surface area contributed by atoms with Gasteiger partial charge in [-0.2, -0.15) is 0 Å². The van der Waals surface area contributed by atoms with Gasteiger partial charge in [-0.15, -0.1) is 0 Å². The summed E-state index contributed by atoms with van der Waals surface area (Å²) in [4.78, 5) is 8.26. The lowest BCUT2D eigenvalue weighted by atomic mass is 10.4. The van der Waals surface area contributed by atoms with Gasteiger partial charge in [0.1, 0.15) is 11.0 Å². The van der Waals surface area contributed by atoms with Crippen molar-refractivity contribution in [3.63, 3.8) is 0 Å². The highest BCUT2D eigenvalue weighted by atomic mass is 35.5. The summed E-state index contributed by atoms with van der Waals surface area (Å²) in [5, 5.41) is 0.514. The molecule has 12 heavy (non-hydrogen) atoms. The number of fused-ring (bicyclic) bond motifs is 1. The summed E-state index contributed by atoms with van der Waals surface area (Å²) in [7, 11) is 0. The molecule has 0 aliphatic rings. The minimum Gasteiger partial charge on any atom is -0.285 e. The molecule has 0 aliphatic carbocycles. The summed E-state index contributed by atoms with van der Waals surface area (Å²) >= 11 is 5.78. The van der Waals surface area contributed by atoms with E-state index in [1.807, 2.05) is 24.3 Å². The third-order valence-electron chi connectivity index (χ3n) is 1.82. The Kier molecular flexibility index (Phi) is 1.54. The van der Waals surface area contributed by atoms with Gasteiger partial charge in [0, 0.05) is 5.69 Å². The molecule has 0 radical (unpaired) electrons. The number of hydrogen-bond acceptors (Lipinski definition) is 2. The van der Waals surface area contributed by atoms with Crippen molar-refractivity contribution < 1.29 is 0 Å². The highest BCUT2D eigenvalue weighted by Gasteiger charge is 2.03. The molecule has 0 aromatic carbocycles. The van der Waals surface area contributed by atoms with E-state index < -0.39 is 0 Å². The Morgan fingerprint density at radius 3 is 2.92 bits per heavy atom. The van der Waals surface area contributed by atoms with Crippen molar-refractivity contribution in [3.8, 4) is 0 Å². The maximum Gasteiger partial charge on any atom is 0.158 e. The molecule has 0 spiro atoms. The molecule has 0 aliphatic heterocycles. The van der Waals surface area contributed by atoms with Gasteiger partial charge in [0.2, 0.25) is 0 Å². The molecule has 2 rings (SSSR count). The Bertz CT molecular complexity index is 433. The van der Waals surface area contributed by atoms with Crippen LogP contribution in [0.25, 0.3) is 5.65 Å². The molecule has 2 heterocycles. The lowest BCUT2D eigenvalue weighted by Gasteiger charge is -2.00. The van der Waals surface area contributed by atoms with Gasteiger partial charge in [-0.25, -0.2) is 9.97 Å². The van der Waals surface area contributed by atoms with Crippen LogP contribution in [0.4, 0.5) is 0 Å². The van der Waals surface area contributed by atoms with E-state index in [2.05, 4.69) is 9.97 Å². The summed E-state index contributed by atoms with van der Waals surface area (Å²) in [5.41, 5.74) is 1.86. The molecule has 0 amide bonds. The molecule has 0 atom stereocenters. The van der Waals surface area contributed by atoms with Crippen LogP contribution in [0, 0.1) is 13.8 Å². The number of hydrogen-bond donors (Lipinski definition) is 0. The second-order valence-electron chi connectivity index (χ2n) is 2.72. The molecule has 0 saturated heterocycles. The molecule has 0 fully saturated rings. The van der Waals surface area contributed by atoms with Gasteiger partial charge in [0.15, 0.2) is 5.65 Å². The van der Waals surface area contributed by atoms with Crippen molar-refractivity contribution in [2.24, 2.45) is 0 Å². The Balaban J connectivity index is 2.93. The molecule has 2 aromatic rings. The molecule has 0 unspecified atom stereocenters. The summed E-state index contributed by atoms with van der Waals surface area (Å²) in [6, 6.07) is 1.82. The van der Waals surface area contributed by atoms with Crippen molar-refractivity contribution in [1.82, 2.24) is 14.4 Å². The van der Waals surface area contributed by atoms with Crippen LogP contribution in [0.1, 0.15) is 11.5 Å². The zero-order valence-corrected chi connectivity index (χ0v) is 7.63. The predicted octanol–water partition coefficient (Wildman–Crippen LogP) is 2.00. The SMILES string of the molecule is Cc1cc(Cl)nc2cnc(C)n12. The van der Waals surface area contributed by atoms with Crippen molar-refractivity contribution in [1.29, 1.82) is 0 Å². The Labute approximate surface area is 75.0 Å². The van der Waals surface area contributed by atoms with Crippen LogP contribution in [0.15, 0.2) is 12.3 Å². The Morgan fingerprint density at radius 2 is 2.17 bits per heavy atom. The second-order valence-corrected chi connectivity index (χ2v) is 3.11.